The summed E-state index contributed by atoms with van der Waals surface area (Å²) in [4.78, 5) is 12.8. The summed E-state index contributed by atoms with van der Waals surface area (Å²) in [5, 5.41) is 3.35. The Morgan fingerprint density at radius 2 is 1.59 bits per heavy atom. The van der Waals surface area contributed by atoms with Gasteiger partial charge in [0.15, 0.2) is 5.78 Å². The van der Waals surface area contributed by atoms with Crippen molar-refractivity contribution in [3.05, 3.63) is 101 Å². The molecule has 1 unspecified atom stereocenters. The van der Waals surface area contributed by atoms with Gasteiger partial charge in [-0.1, -0.05) is 72.8 Å². The van der Waals surface area contributed by atoms with E-state index in [4.69, 9.17) is 4.74 Å². The van der Waals surface area contributed by atoms with Gasteiger partial charge in [0, 0.05) is 5.56 Å². The molecule has 150 valence electrons. The molecular formula is C26H29NO2. The van der Waals surface area contributed by atoms with Crippen LogP contribution in [0.25, 0.3) is 0 Å². The normalized spacial score (nSPS) is 11.8. The highest BCUT2D eigenvalue weighted by Gasteiger charge is 2.16. The number of nitrogens with one attached hydrogen (secondary N) is 1. The molecule has 29 heavy (non-hydrogen) atoms. The summed E-state index contributed by atoms with van der Waals surface area (Å²) in [6, 6.07) is 25.9. The zero-order valence-electron chi connectivity index (χ0n) is 17.2. The minimum absolute atomic E-state index is 0.0919. The van der Waals surface area contributed by atoms with Gasteiger partial charge in [-0.2, -0.15) is 0 Å². The highest BCUT2D eigenvalue weighted by molar-refractivity contribution is 6.00. The number of carbonyl (C=O) groups excluding carboxylic acids is 1. The number of aryl methyl sites for hydroxylation is 2. The maximum Gasteiger partial charge on any atom is 0.179 e. The van der Waals surface area contributed by atoms with Gasteiger partial charge in [0.25, 0.3) is 0 Å². The average Bonchev–Trinajstić information content (AvgIpc) is 2.77. The molecule has 1 atom stereocenters. The number of hydrogen-bond donors (Lipinski definition) is 1. The van der Waals surface area contributed by atoms with E-state index in [1.54, 1.807) is 0 Å². The summed E-state index contributed by atoms with van der Waals surface area (Å²) in [6.07, 6.45) is 2.01. The highest BCUT2D eigenvalue weighted by atomic mass is 16.5. The predicted octanol–water partition coefficient (Wildman–Crippen LogP) is 5.37. The van der Waals surface area contributed by atoms with Crippen LogP contribution in [0.1, 0.15) is 40.4 Å². The van der Waals surface area contributed by atoms with E-state index in [0.717, 1.165) is 36.3 Å². The van der Waals surface area contributed by atoms with Gasteiger partial charge in [0.2, 0.25) is 0 Å². The van der Waals surface area contributed by atoms with Crippen molar-refractivity contribution in [1.82, 2.24) is 5.32 Å². The van der Waals surface area contributed by atoms with E-state index in [2.05, 4.69) is 29.6 Å². The second-order valence-electron chi connectivity index (χ2n) is 7.38. The van der Waals surface area contributed by atoms with Crippen LogP contribution in [-0.2, 0) is 13.0 Å². The Morgan fingerprint density at radius 1 is 0.931 bits per heavy atom. The zero-order valence-corrected chi connectivity index (χ0v) is 17.2. The van der Waals surface area contributed by atoms with E-state index in [1.165, 1.54) is 5.56 Å². The van der Waals surface area contributed by atoms with Gasteiger partial charge in [-0.25, -0.2) is 0 Å². The smallest absolute Gasteiger partial charge is 0.179 e. The SMILES string of the molecule is Cc1ccc(C(=O)C(C)NCCCc2ccccc2)cc1OCc1ccccc1. The van der Waals surface area contributed by atoms with Crippen molar-refractivity contribution in [2.75, 3.05) is 6.54 Å². The number of hydrogen-bond acceptors (Lipinski definition) is 3. The number of ether oxygens (including phenoxy) is 1. The van der Waals surface area contributed by atoms with Crippen LogP contribution >= 0.6 is 0 Å². The predicted molar refractivity (Wildman–Crippen MR) is 119 cm³/mol. The zero-order chi connectivity index (χ0) is 20.5. The number of ketones is 1. The lowest BCUT2D eigenvalue weighted by Crippen LogP contribution is -2.34. The van der Waals surface area contributed by atoms with Gasteiger partial charge in [-0.3, -0.25) is 4.79 Å². The molecule has 3 heteroatoms. The maximum atomic E-state index is 12.8. The van der Waals surface area contributed by atoms with Crippen molar-refractivity contribution >= 4 is 5.78 Å². The minimum Gasteiger partial charge on any atom is -0.489 e. The molecule has 0 aromatic heterocycles. The second kappa shape index (κ2) is 10.6. The largest absolute Gasteiger partial charge is 0.489 e. The summed E-state index contributed by atoms with van der Waals surface area (Å²) in [7, 11) is 0. The molecule has 0 heterocycles. The van der Waals surface area contributed by atoms with Crippen LogP contribution in [0.15, 0.2) is 78.9 Å². The fourth-order valence-corrected chi connectivity index (χ4v) is 3.24. The van der Waals surface area contributed by atoms with Crippen LogP contribution in [0.4, 0.5) is 0 Å². The van der Waals surface area contributed by atoms with Crippen LogP contribution in [0.5, 0.6) is 5.75 Å². The van der Waals surface area contributed by atoms with Crippen LogP contribution in [0.2, 0.25) is 0 Å². The van der Waals surface area contributed by atoms with Crippen molar-refractivity contribution < 1.29 is 9.53 Å². The van der Waals surface area contributed by atoms with Gasteiger partial charge in [-0.05, 0) is 56.0 Å². The number of carbonyl (C=O) groups is 1. The molecule has 0 saturated carbocycles. The van der Waals surface area contributed by atoms with Crippen molar-refractivity contribution in [3.63, 3.8) is 0 Å². The molecule has 0 radical (unpaired) electrons. The average molecular weight is 388 g/mol. The first-order chi connectivity index (χ1) is 14.1. The molecule has 0 aliphatic heterocycles. The van der Waals surface area contributed by atoms with Crippen molar-refractivity contribution in [3.8, 4) is 5.75 Å². The molecular weight excluding hydrogens is 358 g/mol. The summed E-state index contributed by atoms with van der Waals surface area (Å²) >= 11 is 0. The Kier molecular flexibility index (Phi) is 7.60. The molecule has 0 spiro atoms. The summed E-state index contributed by atoms with van der Waals surface area (Å²) < 4.78 is 5.97. The van der Waals surface area contributed by atoms with Crippen LogP contribution in [0, 0.1) is 6.92 Å². The molecule has 0 amide bonds. The van der Waals surface area contributed by atoms with E-state index in [0.29, 0.717) is 12.2 Å². The number of Topliss-reactive ketones (excluding diaryl/α,β-unsaturated/α-hetero) is 1. The Hall–Kier alpha value is -2.91. The molecule has 0 saturated heterocycles. The van der Waals surface area contributed by atoms with Gasteiger partial charge >= 0.3 is 0 Å². The third-order valence-corrected chi connectivity index (χ3v) is 5.04. The summed E-state index contributed by atoms with van der Waals surface area (Å²) in [6.45, 7) is 5.23. The molecule has 3 aromatic carbocycles. The Morgan fingerprint density at radius 3 is 2.28 bits per heavy atom. The number of rotatable bonds is 10. The van der Waals surface area contributed by atoms with Gasteiger partial charge in [-0.15, -0.1) is 0 Å². The van der Waals surface area contributed by atoms with E-state index >= 15 is 0 Å². The standard InChI is InChI=1S/C26H29NO2/c1-20-15-16-24(18-25(20)29-19-23-12-7-4-8-13-23)26(28)21(2)27-17-9-14-22-10-5-3-6-11-22/h3-8,10-13,15-16,18,21,27H,9,14,17,19H2,1-2H3. The van der Waals surface area contributed by atoms with Gasteiger partial charge < -0.3 is 10.1 Å². The van der Waals surface area contributed by atoms with Crippen molar-refractivity contribution in [1.29, 1.82) is 0 Å². The third-order valence-electron chi connectivity index (χ3n) is 5.04. The molecule has 1 N–H and O–H groups in total. The molecule has 0 fully saturated rings. The van der Waals surface area contributed by atoms with Crippen LogP contribution in [0.3, 0.4) is 0 Å². The second-order valence-corrected chi connectivity index (χ2v) is 7.38. The van der Waals surface area contributed by atoms with Gasteiger partial charge in [0.1, 0.15) is 12.4 Å². The Labute approximate surface area is 173 Å². The van der Waals surface area contributed by atoms with Crippen molar-refractivity contribution in [2.24, 2.45) is 0 Å². The summed E-state index contributed by atoms with van der Waals surface area (Å²) in [5.41, 5.74) is 4.15. The highest BCUT2D eigenvalue weighted by Crippen LogP contribution is 2.22. The van der Waals surface area contributed by atoms with Crippen LogP contribution in [-0.4, -0.2) is 18.4 Å². The first-order valence-electron chi connectivity index (χ1n) is 10.2. The van der Waals surface area contributed by atoms with Crippen molar-refractivity contribution in [2.45, 2.75) is 39.3 Å². The topological polar surface area (TPSA) is 38.3 Å². The van der Waals surface area contributed by atoms with E-state index in [1.807, 2.05) is 68.4 Å². The summed E-state index contributed by atoms with van der Waals surface area (Å²) in [5.74, 6) is 0.852. The fourth-order valence-electron chi connectivity index (χ4n) is 3.24. The molecule has 0 aliphatic rings. The Bertz CT molecular complexity index is 907. The quantitative estimate of drug-likeness (QED) is 0.375. The van der Waals surface area contributed by atoms with E-state index in [-0.39, 0.29) is 11.8 Å². The molecule has 3 nitrogen and oxygen atoms in total. The Balaban J connectivity index is 1.52. The van der Waals surface area contributed by atoms with Gasteiger partial charge in [0.05, 0.1) is 6.04 Å². The number of benzene rings is 3. The fraction of sp³-hybridized carbons (Fsp3) is 0.269. The lowest BCUT2D eigenvalue weighted by atomic mass is 10.0. The molecule has 3 rings (SSSR count). The lowest BCUT2D eigenvalue weighted by Gasteiger charge is -2.15. The minimum atomic E-state index is -0.226. The maximum absolute atomic E-state index is 12.8. The van der Waals surface area contributed by atoms with E-state index < -0.39 is 0 Å². The lowest BCUT2D eigenvalue weighted by molar-refractivity contribution is 0.0950. The van der Waals surface area contributed by atoms with E-state index in [9.17, 15) is 4.79 Å². The van der Waals surface area contributed by atoms with Crippen LogP contribution < -0.4 is 10.1 Å². The first kappa shape index (κ1) is 20.8. The molecule has 3 aromatic rings. The third kappa shape index (κ3) is 6.30. The molecule has 0 bridgehead atoms. The molecule has 0 aliphatic carbocycles. The first-order valence-corrected chi connectivity index (χ1v) is 10.2. The monoisotopic (exact) mass is 387 g/mol.